The average molecular weight is 300 g/mol. The number of hydrogen-bond donors (Lipinski definition) is 3. The SMILES string of the molecule is Cl.Cl.Nc1ccc(NC(=O)c2cccc(N)c2)cc1. The van der Waals surface area contributed by atoms with Crippen molar-refractivity contribution in [2.45, 2.75) is 0 Å². The quantitative estimate of drug-likeness (QED) is 0.746. The fraction of sp³-hybridized carbons (Fsp3) is 0. The summed E-state index contributed by atoms with van der Waals surface area (Å²) in [6.07, 6.45) is 0. The van der Waals surface area contributed by atoms with Gasteiger partial charge in [0, 0.05) is 22.6 Å². The molecule has 0 aliphatic carbocycles. The summed E-state index contributed by atoms with van der Waals surface area (Å²) in [4.78, 5) is 11.9. The van der Waals surface area contributed by atoms with Crippen molar-refractivity contribution in [1.82, 2.24) is 0 Å². The Morgan fingerprint density at radius 3 is 2.11 bits per heavy atom. The van der Waals surface area contributed by atoms with Crippen molar-refractivity contribution in [3.8, 4) is 0 Å². The second-order valence-electron chi connectivity index (χ2n) is 3.70. The van der Waals surface area contributed by atoms with E-state index in [4.69, 9.17) is 11.5 Å². The van der Waals surface area contributed by atoms with Crippen molar-refractivity contribution < 1.29 is 4.79 Å². The van der Waals surface area contributed by atoms with Crippen LogP contribution in [-0.2, 0) is 0 Å². The molecule has 2 aromatic rings. The molecule has 0 spiro atoms. The molecule has 0 radical (unpaired) electrons. The van der Waals surface area contributed by atoms with Gasteiger partial charge in [-0.05, 0) is 42.5 Å². The van der Waals surface area contributed by atoms with Crippen LogP contribution in [0.3, 0.4) is 0 Å². The van der Waals surface area contributed by atoms with Crippen LogP contribution in [0.5, 0.6) is 0 Å². The third-order valence-corrected chi connectivity index (χ3v) is 2.32. The molecule has 0 saturated carbocycles. The number of carbonyl (C=O) groups excluding carboxylic acids is 1. The number of anilines is 3. The van der Waals surface area contributed by atoms with Crippen molar-refractivity contribution in [2.75, 3.05) is 16.8 Å². The summed E-state index contributed by atoms with van der Waals surface area (Å²) in [6, 6.07) is 13.8. The zero-order valence-corrected chi connectivity index (χ0v) is 11.6. The average Bonchev–Trinajstić information content (AvgIpc) is 2.32. The fourth-order valence-electron chi connectivity index (χ4n) is 1.45. The smallest absolute Gasteiger partial charge is 0.255 e. The van der Waals surface area contributed by atoms with E-state index in [2.05, 4.69) is 5.32 Å². The standard InChI is InChI=1S/C13H13N3O.2ClH/c14-10-4-6-12(7-5-10)16-13(17)9-2-1-3-11(15)8-9;;/h1-8H,14-15H2,(H,16,17);2*1H. The Morgan fingerprint density at radius 2 is 1.53 bits per heavy atom. The van der Waals surface area contributed by atoms with E-state index in [1.165, 1.54) is 0 Å². The first-order chi connectivity index (χ1) is 8.15. The third kappa shape index (κ3) is 4.69. The lowest BCUT2D eigenvalue weighted by molar-refractivity contribution is 0.102. The first kappa shape index (κ1) is 17.1. The van der Waals surface area contributed by atoms with Gasteiger partial charge >= 0.3 is 0 Å². The van der Waals surface area contributed by atoms with Gasteiger partial charge in [0.1, 0.15) is 0 Å². The summed E-state index contributed by atoms with van der Waals surface area (Å²) in [5.41, 5.74) is 13.6. The molecule has 1 amide bonds. The van der Waals surface area contributed by atoms with Gasteiger partial charge in [-0.1, -0.05) is 6.07 Å². The van der Waals surface area contributed by atoms with Gasteiger partial charge in [-0.3, -0.25) is 4.79 Å². The zero-order chi connectivity index (χ0) is 12.3. The van der Waals surface area contributed by atoms with Gasteiger partial charge in [-0.2, -0.15) is 0 Å². The van der Waals surface area contributed by atoms with E-state index in [1.807, 2.05) is 0 Å². The number of benzene rings is 2. The molecular formula is C13H15Cl2N3O. The summed E-state index contributed by atoms with van der Waals surface area (Å²) in [7, 11) is 0. The largest absolute Gasteiger partial charge is 0.399 e. The van der Waals surface area contributed by atoms with Crippen LogP contribution in [0, 0.1) is 0 Å². The number of amides is 1. The molecule has 0 bridgehead atoms. The minimum atomic E-state index is -0.193. The number of carbonyl (C=O) groups is 1. The molecular weight excluding hydrogens is 285 g/mol. The molecule has 0 aliphatic rings. The van der Waals surface area contributed by atoms with Crippen LogP contribution < -0.4 is 16.8 Å². The highest BCUT2D eigenvalue weighted by Crippen LogP contribution is 2.13. The molecule has 0 heterocycles. The zero-order valence-electron chi connectivity index (χ0n) is 10.00. The number of nitrogens with one attached hydrogen (secondary N) is 1. The van der Waals surface area contributed by atoms with Gasteiger partial charge in [-0.15, -0.1) is 24.8 Å². The van der Waals surface area contributed by atoms with Crippen LogP contribution >= 0.6 is 24.8 Å². The number of nitrogen functional groups attached to an aromatic ring is 2. The highest BCUT2D eigenvalue weighted by atomic mass is 35.5. The normalized spacial score (nSPS) is 8.84. The molecule has 0 aliphatic heterocycles. The predicted molar refractivity (Wildman–Crippen MR) is 84.2 cm³/mol. The Balaban J connectivity index is 0.00000162. The van der Waals surface area contributed by atoms with Gasteiger partial charge in [-0.25, -0.2) is 0 Å². The maximum absolute atomic E-state index is 11.9. The first-order valence-electron chi connectivity index (χ1n) is 5.17. The van der Waals surface area contributed by atoms with Crippen molar-refractivity contribution in [1.29, 1.82) is 0 Å². The lowest BCUT2D eigenvalue weighted by atomic mass is 10.2. The molecule has 2 aromatic carbocycles. The van der Waals surface area contributed by atoms with Gasteiger partial charge < -0.3 is 16.8 Å². The van der Waals surface area contributed by atoms with E-state index >= 15 is 0 Å². The molecule has 0 aromatic heterocycles. The molecule has 0 unspecified atom stereocenters. The van der Waals surface area contributed by atoms with Crippen LogP contribution in [0.2, 0.25) is 0 Å². The molecule has 6 heteroatoms. The highest BCUT2D eigenvalue weighted by molar-refractivity contribution is 6.04. The van der Waals surface area contributed by atoms with E-state index in [0.29, 0.717) is 22.6 Å². The molecule has 5 N–H and O–H groups in total. The van der Waals surface area contributed by atoms with Crippen molar-refractivity contribution in [3.63, 3.8) is 0 Å². The van der Waals surface area contributed by atoms with Crippen LogP contribution in [0.1, 0.15) is 10.4 Å². The summed E-state index contributed by atoms with van der Waals surface area (Å²) in [6.45, 7) is 0. The number of rotatable bonds is 2. The predicted octanol–water partition coefficient (Wildman–Crippen LogP) is 2.95. The van der Waals surface area contributed by atoms with E-state index in [-0.39, 0.29) is 30.7 Å². The summed E-state index contributed by atoms with van der Waals surface area (Å²) >= 11 is 0. The second kappa shape index (κ2) is 7.51. The lowest BCUT2D eigenvalue weighted by Crippen LogP contribution is -2.12. The maximum Gasteiger partial charge on any atom is 0.255 e. The number of nitrogens with two attached hydrogens (primary N) is 2. The summed E-state index contributed by atoms with van der Waals surface area (Å²) < 4.78 is 0. The van der Waals surface area contributed by atoms with Crippen LogP contribution in [0.25, 0.3) is 0 Å². The van der Waals surface area contributed by atoms with Crippen LogP contribution in [0.15, 0.2) is 48.5 Å². The minimum Gasteiger partial charge on any atom is -0.399 e. The molecule has 102 valence electrons. The van der Waals surface area contributed by atoms with Gasteiger partial charge in [0.2, 0.25) is 0 Å². The Labute approximate surface area is 124 Å². The third-order valence-electron chi connectivity index (χ3n) is 2.32. The van der Waals surface area contributed by atoms with Crippen LogP contribution in [-0.4, -0.2) is 5.91 Å². The van der Waals surface area contributed by atoms with Crippen molar-refractivity contribution in [2.24, 2.45) is 0 Å². The van der Waals surface area contributed by atoms with Gasteiger partial charge in [0.05, 0.1) is 0 Å². The molecule has 4 nitrogen and oxygen atoms in total. The molecule has 0 atom stereocenters. The van der Waals surface area contributed by atoms with E-state index in [1.54, 1.807) is 48.5 Å². The summed E-state index contributed by atoms with van der Waals surface area (Å²) in [5.74, 6) is -0.193. The van der Waals surface area contributed by atoms with Crippen LogP contribution in [0.4, 0.5) is 17.1 Å². The Kier molecular flexibility index (Phi) is 6.75. The molecule has 2 rings (SSSR count). The Bertz CT molecular complexity index is 544. The Morgan fingerprint density at radius 1 is 0.895 bits per heavy atom. The molecule has 0 saturated heterocycles. The molecule has 19 heavy (non-hydrogen) atoms. The number of halogens is 2. The van der Waals surface area contributed by atoms with Gasteiger partial charge in [0.25, 0.3) is 5.91 Å². The number of hydrogen-bond acceptors (Lipinski definition) is 3. The van der Waals surface area contributed by atoms with Gasteiger partial charge in [0.15, 0.2) is 0 Å². The Hall–Kier alpha value is -1.91. The van der Waals surface area contributed by atoms with E-state index < -0.39 is 0 Å². The first-order valence-corrected chi connectivity index (χ1v) is 5.17. The topological polar surface area (TPSA) is 81.1 Å². The van der Waals surface area contributed by atoms with Crippen molar-refractivity contribution >= 4 is 47.8 Å². The second-order valence-corrected chi connectivity index (χ2v) is 3.70. The monoisotopic (exact) mass is 299 g/mol. The van der Waals surface area contributed by atoms with E-state index in [0.717, 1.165) is 0 Å². The minimum absolute atomic E-state index is 0. The lowest BCUT2D eigenvalue weighted by Gasteiger charge is -2.05. The summed E-state index contributed by atoms with van der Waals surface area (Å²) in [5, 5.41) is 2.76. The van der Waals surface area contributed by atoms with Crippen molar-refractivity contribution in [3.05, 3.63) is 54.1 Å². The highest BCUT2D eigenvalue weighted by Gasteiger charge is 2.05. The maximum atomic E-state index is 11.9. The fourth-order valence-corrected chi connectivity index (χ4v) is 1.45. The van der Waals surface area contributed by atoms with E-state index in [9.17, 15) is 4.79 Å². The molecule has 0 fully saturated rings.